The first kappa shape index (κ1) is 14.1. The second kappa shape index (κ2) is 6.75. The van der Waals surface area contributed by atoms with E-state index in [1.807, 2.05) is 6.07 Å². The summed E-state index contributed by atoms with van der Waals surface area (Å²) in [5.41, 5.74) is 1.71. The minimum absolute atomic E-state index is 0.442. The lowest BCUT2D eigenvalue weighted by atomic mass is 9.95. The number of benzene rings is 1. The molecule has 1 fully saturated rings. The summed E-state index contributed by atoms with van der Waals surface area (Å²) in [5.74, 6) is 1.26. The van der Waals surface area contributed by atoms with Gasteiger partial charge in [0, 0.05) is 6.04 Å². The van der Waals surface area contributed by atoms with Crippen molar-refractivity contribution < 1.29 is 13.9 Å². The van der Waals surface area contributed by atoms with Gasteiger partial charge in [-0.3, -0.25) is 0 Å². The van der Waals surface area contributed by atoms with Crippen molar-refractivity contribution in [2.45, 2.75) is 38.4 Å². The van der Waals surface area contributed by atoms with E-state index in [0.29, 0.717) is 23.1 Å². The molecule has 0 aliphatic carbocycles. The highest BCUT2D eigenvalue weighted by Gasteiger charge is 2.17. The standard InChI is InChI=1S/C15H22FNO2/c1-18-14-8-11(7-13-5-3-4-6-17-13)12(10-16)9-15(14)19-2/h8-9,13,17H,3-7,10H2,1-2H3. The predicted molar refractivity (Wildman–Crippen MR) is 73.7 cm³/mol. The first-order valence-electron chi connectivity index (χ1n) is 6.81. The quantitative estimate of drug-likeness (QED) is 0.890. The maximum absolute atomic E-state index is 13.2. The zero-order chi connectivity index (χ0) is 13.7. The molecule has 4 heteroatoms. The molecule has 106 valence electrons. The Bertz CT molecular complexity index is 417. The second-order valence-electron chi connectivity index (χ2n) is 4.96. The molecule has 19 heavy (non-hydrogen) atoms. The van der Waals surface area contributed by atoms with Gasteiger partial charge in [-0.2, -0.15) is 0 Å². The third kappa shape index (κ3) is 3.38. The van der Waals surface area contributed by atoms with Crippen LogP contribution in [0.4, 0.5) is 4.39 Å². The fourth-order valence-corrected chi connectivity index (χ4v) is 2.64. The average molecular weight is 267 g/mol. The van der Waals surface area contributed by atoms with Crippen LogP contribution in [-0.4, -0.2) is 26.8 Å². The molecule has 0 spiro atoms. The van der Waals surface area contributed by atoms with Gasteiger partial charge in [-0.1, -0.05) is 6.42 Å². The van der Waals surface area contributed by atoms with E-state index >= 15 is 0 Å². The number of alkyl halides is 1. The Hall–Kier alpha value is -1.29. The summed E-state index contributed by atoms with van der Waals surface area (Å²) < 4.78 is 23.7. The van der Waals surface area contributed by atoms with Crippen LogP contribution in [0.1, 0.15) is 30.4 Å². The van der Waals surface area contributed by atoms with Crippen molar-refractivity contribution >= 4 is 0 Å². The molecule has 0 amide bonds. The first-order valence-corrected chi connectivity index (χ1v) is 6.81. The molecule has 1 aliphatic heterocycles. The van der Waals surface area contributed by atoms with Crippen LogP contribution in [0.3, 0.4) is 0 Å². The fourth-order valence-electron chi connectivity index (χ4n) is 2.64. The van der Waals surface area contributed by atoms with Crippen molar-refractivity contribution in [3.63, 3.8) is 0 Å². The lowest BCUT2D eigenvalue weighted by molar-refractivity contribution is 0.351. The monoisotopic (exact) mass is 267 g/mol. The summed E-state index contributed by atoms with van der Waals surface area (Å²) >= 11 is 0. The molecular formula is C15H22FNO2. The summed E-state index contributed by atoms with van der Waals surface area (Å²) in [6.07, 6.45) is 4.48. The van der Waals surface area contributed by atoms with Gasteiger partial charge in [0.15, 0.2) is 11.5 Å². The number of ether oxygens (including phenoxy) is 2. The van der Waals surface area contributed by atoms with Gasteiger partial charge in [0.25, 0.3) is 0 Å². The summed E-state index contributed by atoms with van der Waals surface area (Å²) in [4.78, 5) is 0. The zero-order valence-electron chi connectivity index (χ0n) is 11.7. The molecule has 1 saturated heterocycles. The molecule has 1 heterocycles. The maximum atomic E-state index is 13.2. The normalized spacial score (nSPS) is 19.2. The van der Waals surface area contributed by atoms with E-state index in [2.05, 4.69) is 5.32 Å². The van der Waals surface area contributed by atoms with Crippen LogP contribution in [0.2, 0.25) is 0 Å². The molecule has 0 radical (unpaired) electrons. The Morgan fingerprint density at radius 2 is 1.84 bits per heavy atom. The van der Waals surface area contributed by atoms with Crippen LogP contribution in [0.25, 0.3) is 0 Å². The van der Waals surface area contributed by atoms with Gasteiger partial charge in [-0.25, -0.2) is 4.39 Å². The summed E-state index contributed by atoms with van der Waals surface area (Å²) in [6.45, 7) is 0.589. The van der Waals surface area contributed by atoms with Crippen LogP contribution in [-0.2, 0) is 13.1 Å². The SMILES string of the molecule is COc1cc(CF)c(CC2CCCCN2)cc1OC. The van der Waals surface area contributed by atoms with E-state index in [4.69, 9.17) is 9.47 Å². The van der Waals surface area contributed by atoms with Gasteiger partial charge in [0.1, 0.15) is 6.67 Å². The van der Waals surface area contributed by atoms with Crippen molar-refractivity contribution in [2.24, 2.45) is 0 Å². The molecular weight excluding hydrogens is 245 g/mol. The van der Waals surface area contributed by atoms with Crippen molar-refractivity contribution in [2.75, 3.05) is 20.8 Å². The number of halogens is 1. The van der Waals surface area contributed by atoms with E-state index in [1.165, 1.54) is 12.8 Å². The van der Waals surface area contributed by atoms with Gasteiger partial charge >= 0.3 is 0 Å². The van der Waals surface area contributed by atoms with E-state index in [1.54, 1.807) is 20.3 Å². The molecule has 3 nitrogen and oxygen atoms in total. The number of piperidine rings is 1. The number of hydrogen-bond donors (Lipinski definition) is 1. The predicted octanol–water partition coefficient (Wildman–Crippen LogP) is 2.86. The highest BCUT2D eigenvalue weighted by Crippen LogP contribution is 2.32. The van der Waals surface area contributed by atoms with Crippen LogP contribution in [0.5, 0.6) is 11.5 Å². The maximum Gasteiger partial charge on any atom is 0.161 e. The molecule has 1 aromatic rings. The van der Waals surface area contributed by atoms with Gasteiger partial charge in [0.05, 0.1) is 14.2 Å². The van der Waals surface area contributed by atoms with Gasteiger partial charge in [-0.15, -0.1) is 0 Å². The van der Waals surface area contributed by atoms with E-state index in [0.717, 1.165) is 24.9 Å². The van der Waals surface area contributed by atoms with E-state index in [-0.39, 0.29) is 0 Å². The van der Waals surface area contributed by atoms with E-state index < -0.39 is 6.67 Å². The number of nitrogens with one attached hydrogen (secondary N) is 1. The van der Waals surface area contributed by atoms with Crippen LogP contribution in [0, 0.1) is 0 Å². The second-order valence-corrected chi connectivity index (χ2v) is 4.96. The highest BCUT2D eigenvalue weighted by atomic mass is 19.1. The van der Waals surface area contributed by atoms with Crippen molar-refractivity contribution in [1.82, 2.24) is 5.32 Å². The Morgan fingerprint density at radius 3 is 2.37 bits per heavy atom. The largest absolute Gasteiger partial charge is 0.493 e. The third-order valence-electron chi connectivity index (χ3n) is 3.73. The molecule has 1 unspecified atom stereocenters. The van der Waals surface area contributed by atoms with Crippen LogP contribution < -0.4 is 14.8 Å². The lowest BCUT2D eigenvalue weighted by Crippen LogP contribution is -2.35. The Balaban J connectivity index is 2.21. The topological polar surface area (TPSA) is 30.5 Å². The van der Waals surface area contributed by atoms with Crippen LogP contribution in [0.15, 0.2) is 12.1 Å². The molecule has 1 N–H and O–H groups in total. The molecule has 2 rings (SSSR count). The molecule has 0 bridgehead atoms. The molecule has 0 aromatic heterocycles. The minimum atomic E-state index is -0.470. The van der Waals surface area contributed by atoms with Crippen LogP contribution >= 0.6 is 0 Å². The smallest absolute Gasteiger partial charge is 0.161 e. The van der Waals surface area contributed by atoms with Crippen molar-refractivity contribution in [3.05, 3.63) is 23.3 Å². The average Bonchev–Trinajstić information content (AvgIpc) is 2.47. The number of hydrogen-bond acceptors (Lipinski definition) is 3. The van der Waals surface area contributed by atoms with Gasteiger partial charge in [-0.05, 0) is 49.1 Å². The van der Waals surface area contributed by atoms with Crippen molar-refractivity contribution in [3.8, 4) is 11.5 Å². The number of rotatable bonds is 5. The summed E-state index contributed by atoms with van der Waals surface area (Å²) in [6, 6.07) is 4.10. The minimum Gasteiger partial charge on any atom is -0.493 e. The zero-order valence-corrected chi connectivity index (χ0v) is 11.7. The molecule has 1 aromatic carbocycles. The van der Waals surface area contributed by atoms with Gasteiger partial charge < -0.3 is 14.8 Å². The fraction of sp³-hybridized carbons (Fsp3) is 0.600. The Labute approximate surface area is 114 Å². The van der Waals surface area contributed by atoms with Gasteiger partial charge in [0.2, 0.25) is 0 Å². The molecule has 0 saturated carbocycles. The van der Waals surface area contributed by atoms with E-state index in [9.17, 15) is 4.39 Å². The highest BCUT2D eigenvalue weighted by molar-refractivity contribution is 5.47. The number of methoxy groups -OCH3 is 2. The third-order valence-corrected chi connectivity index (χ3v) is 3.73. The molecule has 1 aliphatic rings. The molecule has 1 atom stereocenters. The Kier molecular flexibility index (Phi) is 5.02. The summed E-state index contributed by atoms with van der Waals surface area (Å²) in [5, 5.41) is 3.49. The Morgan fingerprint density at radius 1 is 1.16 bits per heavy atom. The summed E-state index contributed by atoms with van der Waals surface area (Å²) in [7, 11) is 3.18. The van der Waals surface area contributed by atoms with Crippen molar-refractivity contribution in [1.29, 1.82) is 0 Å². The lowest BCUT2D eigenvalue weighted by Gasteiger charge is -2.24. The first-order chi connectivity index (χ1) is 9.28.